The lowest BCUT2D eigenvalue weighted by Gasteiger charge is -2.06. The summed E-state index contributed by atoms with van der Waals surface area (Å²) in [6, 6.07) is 27.2. The maximum Gasteiger partial charge on any atom is 0.181 e. The predicted molar refractivity (Wildman–Crippen MR) is 106 cm³/mol. The molecule has 0 radical (unpaired) electrons. The molecule has 0 bridgehead atoms. The second-order valence-electron chi connectivity index (χ2n) is 6.63. The third-order valence-corrected chi connectivity index (χ3v) is 4.47. The Balaban J connectivity index is 1.79. The van der Waals surface area contributed by atoms with Gasteiger partial charge in [-0.05, 0) is 19.4 Å². The molecule has 0 saturated carbocycles. The van der Waals surface area contributed by atoms with Crippen molar-refractivity contribution in [1.29, 1.82) is 0 Å². The van der Waals surface area contributed by atoms with Gasteiger partial charge in [0, 0.05) is 11.1 Å². The highest BCUT2D eigenvalue weighted by Gasteiger charge is 2.14. The molecule has 4 aromatic rings. The summed E-state index contributed by atoms with van der Waals surface area (Å²) in [6.07, 6.45) is 0. The van der Waals surface area contributed by atoms with Gasteiger partial charge < -0.3 is 0 Å². The van der Waals surface area contributed by atoms with E-state index in [4.69, 9.17) is 10.1 Å². The summed E-state index contributed by atoms with van der Waals surface area (Å²) in [4.78, 5) is 4.86. The Hall–Kier alpha value is -3.20. The van der Waals surface area contributed by atoms with Gasteiger partial charge in [0.25, 0.3) is 0 Å². The highest BCUT2D eigenvalue weighted by atomic mass is 15.3. The first-order valence-corrected chi connectivity index (χ1v) is 8.82. The molecule has 3 aromatic carbocycles. The van der Waals surface area contributed by atoms with Crippen LogP contribution in [0.25, 0.3) is 22.8 Å². The number of hydrogen-bond acceptors (Lipinski definition) is 2. The Morgan fingerprint density at radius 2 is 1.27 bits per heavy atom. The third-order valence-electron chi connectivity index (χ3n) is 4.47. The van der Waals surface area contributed by atoms with Crippen LogP contribution in [0.3, 0.4) is 0 Å². The lowest BCUT2D eigenvalue weighted by molar-refractivity contribution is 0.695. The molecule has 0 atom stereocenters. The van der Waals surface area contributed by atoms with Crippen LogP contribution in [-0.2, 0) is 6.54 Å². The Bertz CT molecular complexity index is 998. The molecule has 26 heavy (non-hydrogen) atoms. The third kappa shape index (κ3) is 3.42. The van der Waals surface area contributed by atoms with Crippen LogP contribution in [0.1, 0.15) is 16.7 Å². The zero-order valence-electron chi connectivity index (χ0n) is 15.1. The van der Waals surface area contributed by atoms with Crippen molar-refractivity contribution in [3.8, 4) is 22.8 Å². The molecule has 0 N–H and O–H groups in total. The van der Waals surface area contributed by atoms with Crippen molar-refractivity contribution in [3.63, 3.8) is 0 Å². The van der Waals surface area contributed by atoms with E-state index in [9.17, 15) is 0 Å². The molecule has 4 rings (SSSR count). The van der Waals surface area contributed by atoms with Gasteiger partial charge in [0.1, 0.15) is 0 Å². The monoisotopic (exact) mass is 339 g/mol. The van der Waals surface area contributed by atoms with Crippen LogP contribution in [0, 0.1) is 13.8 Å². The van der Waals surface area contributed by atoms with E-state index in [1.807, 2.05) is 10.7 Å². The van der Waals surface area contributed by atoms with Crippen LogP contribution in [0.15, 0.2) is 78.9 Å². The molecule has 0 spiro atoms. The zero-order chi connectivity index (χ0) is 17.9. The van der Waals surface area contributed by atoms with E-state index in [0.29, 0.717) is 6.54 Å². The number of benzene rings is 3. The fraction of sp³-hybridized carbons (Fsp3) is 0.130. The van der Waals surface area contributed by atoms with Crippen LogP contribution < -0.4 is 0 Å². The van der Waals surface area contributed by atoms with Crippen molar-refractivity contribution in [2.75, 3.05) is 0 Å². The topological polar surface area (TPSA) is 30.7 Å². The summed E-state index contributed by atoms with van der Waals surface area (Å²) in [7, 11) is 0. The first-order chi connectivity index (χ1) is 12.7. The molecular weight excluding hydrogens is 318 g/mol. The molecule has 0 fully saturated rings. The normalized spacial score (nSPS) is 10.8. The number of nitrogens with zero attached hydrogens (tertiary/aromatic N) is 3. The Kier molecular flexibility index (Phi) is 4.36. The minimum absolute atomic E-state index is 0.697. The van der Waals surface area contributed by atoms with Gasteiger partial charge in [0.15, 0.2) is 11.6 Å². The summed E-state index contributed by atoms with van der Waals surface area (Å²) in [6.45, 7) is 4.88. The van der Waals surface area contributed by atoms with Gasteiger partial charge in [-0.3, -0.25) is 0 Å². The lowest BCUT2D eigenvalue weighted by Crippen LogP contribution is -2.04. The SMILES string of the molecule is Cc1ccc(-c2nc(-c3ccc(C)cc3)n(Cc3ccccc3)n2)cc1. The standard InChI is InChI=1S/C23H21N3/c1-17-8-12-20(13-9-17)22-24-23(21-14-10-18(2)11-15-21)26(25-22)16-19-6-4-3-5-7-19/h3-15H,16H2,1-2H3. The summed E-state index contributed by atoms with van der Waals surface area (Å²) < 4.78 is 2.00. The molecule has 0 saturated heterocycles. The van der Waals surface area contributed by atoms with E-state index in [-0.39, 0.29) is 0 Å². The number of aromatic nitrogens is 3. The van der Waals surface area contributed by atoms with Gasteiger partial charge in [0.2, 0.25) is 0 Å². The molecule has 1 aromatic heterocycles. The Morgan fingerprint density at radius 1 is 0.692 bits per heavy atom. The van der Waals surface area contributed by atoms with Crippen molar-refractivity contribution in [3.05, 3.63) is 95.6 Å². The number of rotatable bonds is 4. The first kappa shape index (κ1) is 16.3. The molecule has 128 valence electrons. The average Bonchev–Trinajstić information content (AvgIpc) is 3.07. The van der Waals surface area contributed by atoms with E-state index in [0.717, 1.165) is 22.8 Å². The quantitative estimate of drug-likeness (QED) is 0.506. The summed E-state index contributed by atoms with van der Waals surface area (Å²) >= 11 is 0. The average molecular weight is 339 g/mol. The first-order valence-electron chi connectivity index (χ1n) is 8.82. The number of hydrogen-bond donors (Lipinski definition) is 0. The minimum atomic E-state index is 0.697. The van der Waals surface area contributed by atoms with Crippen LogP contribution in [-0.4, -0.2) is 14.8 Å². The molecule has 1 heterocycles. The van der Waals surface area contributed by atoms with Gasteiger partial charge in [-0.25, -0.2) is 9.67 Å². The largest absolute Gasteiger partial charge is 0.241 e. The van der Waals surface area contributed by atoms with Gasteiger partial charge in [-0.15, -0.1) is 0 Å². The molecular formula is C23H21N3. The van der Waals surface area contributed by atoms with E-state index in [1.54, 1.807) is 0 Å². The fourth-order valence-electron chi connectivity index (χ4n) is 2.95. The lowest BCUT2D eigenvalue weighted by atomic mass is 10.1. The van der Waals surface area contributed by atoms with E-state index in [2.05, 4.69) is 86.6 Å². The highest BCUT2D eigenvalue weighted by molar-refractivity contribution is 5.62. The van der Waals surface area contributed by atoms with Crippen molar-refractivity contribution in [2.24, 2.45) is 0 Å². The molecule has 3 heteroatoms. The van der Waals surface area contributed by atoms with Crippen LogP contribution in [0.2, 0.25) is 0 Å². The molecule has 0 aliphatic heterocycles. The highest BCUT2D eigenvalue weighted by Crippen LogP contribution is 2.24. The van der Waals surface area contributed by atoms with Crippen molar-refractivity contribution in [2.45, 2.75) is 20.4 Å². The summed E-state index contributed by atoms with van der Waals surface area (Å²) in [5.41, 5.74) is 5.80. The summed E-state index contributed by atoms with van der Waals surface area (Å²) in [5, 5.41) is 4.81. The second-order valence-corrected chi connectivity index (χ2v) is 6.63. The maximum absolute atomic E-state index is 4.86. The maximum atomic E-state index is 4.86. The molecule has 3 nitrogen and oxygen atoms in total. The second kappa shape index (κ2) is 6.96. The molecule has 0 unspecified atom stereocenters. The Morgan fingerprint density at radius 3 is 1.88 bits per heavy atom. The van der Waals surface area contributed by atoms with Crippen molar-refractivity contribution >= 4 is 0 Å². The van der Waals surface area contributed by atoms with E-state index >= 15 is 0 Å². The van der Waals surface area contributed by atoms with Crippen LogP contribution in [0.4, 0.5) is 0 Å². The summed E-state index contributed by atoms with van der Waals surface area (Å²) in [5.74, 6) is 1.65. The van der Waals surface area contributed by atoms with Crippen LogP contribution in [0.5, 0.6) is 0 Å². The van der Waals surface area contributed by atoms with E-state index in [1.165, 1.54) is 16.7 Å². The minimum Gasteiger partial charge on any atom is -0.241 e. The zero-order valence-corrected chi connectivity index (χ0v) is 15.1. The van der Waals surface area contributed by atoms with Crippen molar-refractivity contribution in [1.82, 2.24) is 14.8 Å². The Labute approximate surface area is 154 Å². The smallest absolute Gasteiger partial charge is 0.181 e. The van der Waals surface area contributed by atoms with Gasteiger partial charge >= 0.3 is 0 Å². The van der Waals surface area contributed by atoms with Crippen molar-refractivity contribution < 1.29 is 0 Å². The number of aryl methyl sites for hydroxylation is 2. The van der Waals surface area contributed by atoms with Gasteiger partial charge in [0.05, 0.1) is 6.54 Å². The van der Waals surface area contributed by atoms with E-state index < -0.39 is 0 Å². The molecule has 0 aliphatic carbocycles. The molecule has 0 aliphatic rings. The van der Waals surface area contributed by atoms with Gasteiger partial charge in [-0.1, -0.05) is 90.0 Å². The molecule has 0 amide bonds. The predicted octanol–water partition coefficient (Wildman–Crippen LogP) is 5.28. The fourth-order valence-corrected chi connectivity index (χ4v) is 2.95. The van der Waals surface area contributed by atoms with Crippen LogP contribution >= 0.6 is 0 Å². The van der Waals surface area contributed by atoms with Gasteiger partial charge in [-0.2, -0.15) is 5.10 Å².